The van der Waals surface area contributed by atoms with Gasteiger partial charge in [0.1, 0.15) is 5.54 Å². The molecular formula is C13H14INO. The zero-order valence-electron chi connectivity index (χ0n) is 9.03. The Bertz CT molecular complexity index is 400. The summed E-state index contributed by atoms with van der Waals surface area (Å²) >= 11 is 2.43. The predicted molar refractivity (Wildman–Crippen MR) is 72.5 cm³/mol. The third-order valence-corrected chi connectivity index (χ3v) is 4.96. The van der Waals surface area contributed by atoms with E-state index in [2.05, 4.69) is 39.7 Å². The number of hydrogen-bond acceptors (Lipinski definition) is 2. The van der Waals surface area contributed by atoms with Crippen LogP contribution in [-0.4, -0.2) is 10.0 Å². The summed E-state index contributed by atoms with van der Waals surface area (Å²) in [7, 11) is 0. The summed E-state index contributed by atoms with van der Waals surface area (Å²) in [5.41, 5.74) is 0.819. The quantitative estimate of drug-likeness (QED) is 0.353. The molecule has 0 unspecified atom stereocenters. The fraction of sp³-hybridized carbons (Fsp3) is 0.462. The van der Waals surface area contributed by atoms with Crippen molar-refractivity contribution < 1.29 is 4.79 Å². The van der Waals surface area contributed by atoms with Gasteiger partial charge in [-0.3, -0.25) is 0 Å². The topological polar surface area (TPSA) is 29.4 Å². The van der Waals surface area contributed by atoms with Crippen molar-refractivity contribution in [2.45, 2.75) is 35.1 Å². The maximum atomic E-state index is 10.7. The van der Waals surface area contributed by atoms with Crippen molar-refractivity contribution in [2.24, 2.45) is 4.99 Å². The Morgan fingerprint density at radius 2 is 2.06 bits per heavy atom. The van der Waals surface area contributed by atoms with Gasteiger partial charge in [0.15, 0.2) is 0 Å². The average Bonchev–Trinajstić information content (AvgIpc) is 2.34. The second-order valence-corrected chi connectivity index (χ2v) is 5.71. The molecule has 1 aromatic rings. The van der Waals surface area contributed by atoms with Gasteiger partial charge in [0.2, 0.25) is 6.08 Å². The Labute approximate surface area is 109 Å². The molecule has 0 N–H and O–H groups in total. The molecule has 0 radical (unpaired) electrons. The van der Waals surface area contributed by atoms with Crippen LogP contribution in [0.4, 0.5) is 0 Å². The zero-order valence-corrected chi connectivity index (χ0v) is 11.2. The van der Waals surface area contributed by atoms with Crippen molar-refractivity contribution in [2.75, 3.05) is 0 Å². The van der Waals surface area contributed by atoms with Gasteiger partial charge in [-0.05, 0) is 18.4 Å². The van der Waals surface area contributed by atoms with Crippen molar-refractivity contribution >= 4 is 28.7 Å². The molecule has 0 amide bonds. The first-order valence-electron chi connectivity index (χ1n) is 5.58. The van der Waals surface area contributed by atoms with Crippen LogP contribution in [0.15, 0.2) is 35.3 Å². The first-order chi connectivity index (χ1) is 7.79. The van der Waals surface area contributed by atoms with E-state index >= 15 is 0 Å². The summed E-state index contributed by atoms with van der Waals surface area (Å²) in [6.07, 6.45) is 6.23. The molecule has 0 heterocycles. The van der Waals surface area contributed by atoms with Crippen LogP contribution in [0.5, 0.6) is 0 Å². The summed E-state index contributed by atoms with van der Waals surface area (Å²) < 4.78 is 0.391. The number of halogens is 1. The average molecular weight is 327 g/mol. The number of benzene rings is 1. The van der Waals surface area contributed by atoms with Gasteiger partial charge < -0.3 is 0 Å². The minimum Gasteiger partial charge on any atom is -0.211 e. The Hall–Kier alpha value is -0.670. The lowest BCUT2D eigenvalue weighted by atomic mass is 9.77. The lowest BCUT2D eigenvalue weighted by Gasteiger charge is -2.37. The molecule has 2 nitrogen and oxygen atoms in total. The molecular weight excluding hydrogens is 313 g/mol. The van der Waals surface area contributed by atoms with Gasteiger partial charge in [0, 0.05) is 3.92 Å². The van der Waals surface area contributed by atoms with Crippen LogP contribution < -0.4 is 0 Å². The molecule has 0 aliphatic heterocycles. The highest BCUT2D eigenvalue weighted by molar-refractivity contribution is 14.1. The maximum Gasteiger partial charge on any atom is 0.235 e. The molecule has 0 aromatic heterocycles. The summed E-state index contributed by atoms with van der Waals surface area (Å²) in [5, 5.41) is 0. The van der Waals surface area contributed by atoms with Crippen LogP contribution in [-0.2, 0) is 10.3 Å². The second-order valence-electron chi connectivity index (χ2n) is 4.21. The number of isocyanates is 1. The van der Waals surface area contributed by atoms with Crippen LogP contribution in [0.3, 0.4) is 0 Å². The van der Waals surface area contributed by atoms with Gasteiger partial charge >= 0.3 is 0 Å². The third kappa shape index (κ3) is 2.06. The molecule has 16 heavy (non-hydrogen) atoms. The van der Waals surface area contributed by atoms with Crippen molar-refractivity contribution in [3.05, 3.63) is 35.9 Å². The first-order valence-corrected chi connectivity index (χ1v) is 6.83. The van der Waals surface area contributed by atoms with E-state index < -0.39 is 0 Å². The molecule has 0 bridgehead atoms. The van der Waals surface area contributed by atoms with E-state index in [-0.39, 0.29) is 5.54 Å². The highest BCUT2D eigenvalue weighted by Crippen LogP contribution is 2.44. The highest BCUT2D eigenvalue weighted by Gasteiger charge is 2.40. The van der Waals surface area contributed by atoms with Gasteiger partial charge in [-0.15, -0.1) is 0 Å². The number of nitrogens with zero attached hydrogens (tertiary/aromatic N) is 1. The van der Waals surface area contributed by atoms with Crippen molar-refractivity contribution in [1.82, 2.24) is 0 Å². The predicted octanol–water partition coefficient (Wildman–Crippen LogP) is 3.60. The van der Waals surface area contributed by atoms with Crippen LogP contribution >= 0.6 is 22.6 Å². The van der Waals surface area contributed by atoms with E-state index in [1.165, 1.54) is 6.42 Å². The molecule has 84 valence electrons. The first kappa shape index (κ1) is 11.8. The molecule has 1 fully saturated rings. The number of aliphatic imine (C=N–C) groups is 1. The van der Waals surface area contributed by atoms with E-state index in [0.717, 1.165) is 24.8 Å². The van der Waals surface area contributed by atoms with E-state index in [4.69, 9.17) is 0 Å². The molecule has 0 spiro atoms. The Morgan fingerprint density at radius 3 is 2.69 bits per heavy atom. The van der Waals surface area contributed by atoms with Gasteiger partial charge in [0.25, 0.3) is 0 Å². The maximum absolute atomic E-state index is 10.7. The molecule has 1 aromatic carbocycles. The monoisotopic (exact) mass is 327 g/mol. The van der Waals surface area contributed by atoms with Gasteiger partial charge in [-0.25, -0.2) is 4.79 Å². The standard InChI is InChI=1S/C13H14INO/c14-12-8-4-5-9-13(12,15-10-16)11-6-2-1-3-7-11/h1-3,6-7,12H,4-5,8-9H2/t12-,13+/m0/s1. The number of carbonyl (C=O) groups excluding carboxylic acids is 1. The smallest absolute Gasteiger partial charge is 0.211 e. The van der Waals surface area contributed by atoms with Crippen LogP contribution in [0.2, 0.25) is 0 Å². The SMILES string of the molecule is O=C=N[C@@]1(c2ccccc2)CCCC[C@@H]1I. The zero-order chi connectivity index (χ0) is 11.4. The van der Waals surface area contributed by atoms with Crippen molar-refractivity contribution in [3.63, 3.8) is 0 Å². The Kier molecular flexibility index (Phi) is 3.77. The van der Waals surface area contributed by atoms with E-state index in [1.54, 1.807) is 6.08 Å². The molecule has 3 heteroatoms. The van der Waals surface area contributed by atoms with E-state index in [0.29, 0.717) is 3.92 Å². The molecule has 0 saturated heterocycles. The van der Waals surface area contributed by atoms with E-state index in [9.17, 15) is 4.79 Å². The van der Waals surface area contributed by atoms with Crippen LogP contribution in [0.25, 0.3) is 0 Å². The summed E-state index contributed by atoms with van der Waals surface area (Å²) in [6, 6.07) is 10.1. The van der Waals surface area contributed by atoms with Gasteiger partial charge in [-0.2, -0.15) is 4.99 Å². The van der Waals surface area contributed by atoms with Crippen LogP contribution in [0.1, 0.15) is 31.2 Å². The van der Waals surface area contributed by atoms with Gasteiger partial charge in [-0.1, -0.05) is 65.8 Å². The lowest BCUT2D eigenvalue weighted by molar-refractivity contribution is 0.325. The highest BCUT2D eigenvalue weighted by atomic mass is 127. The summed E-state index contributed by atoms with van der Waals surface area (Å²) in [4.78, 5) is 14.9. The molecule has 1 saturated carbocycles. The fourth-order valence-corrected chi connectivity index (χ4v) is 3.69. The Balaban J connectivity index is 2.46. The van der Waals surface area contributed by atoms with Crippen molar-refractivity contribution in [3.8, 4) is 0 Å². The van der Waals surface area contributed by atoms with E-state index in [1.807, 2.05) is 18.2 Å². The fourth-order valence-electron chi connectivity index (χ4n) is 2.44. The minimum atomic E-state index is -0.332. The Morgan fingerprint density at radius 1 is 1.31 bits per heavy atom. The second kappa shape index (κ2) is 5.11. The third-order valence-electron chi connectivity index (χ3n) is 3.30. The normalized spacial score (nSPS) is 29.4. The molecule has 2 atom stereocenters. The summed E-state index contributed by atoms with van der Waals surface area (Å²) in [5.74, 6) is 0. The largest absolute Gasteiger partial charge is 0.235 e. The number of hydrogen-bond donors (Lipinski definition) is 0. The minimum absolute atomic E-state index is 0.332. The summed E-state index contributed by atoms with van der Waals surface area (Å²) in [6.45, 7) is 0. The van der Waals surface area contributed by atoms with Crippen molar-refractivity contribution in [1.29, 1.82) is 0 Å². The molecule has 1 aliphatic rings. The molecule has 2 rings (SSSR count). The molecule has 1 aliphatic carbocycles. The van der Waals surface area contributed by atoms with Crippen LogP contribution in [0, 0.1) is 0 Å². The lowest BCUT2D eigenvalue weighted by Crippen LogP contribution is -2.36. The number of alkyl halides is 1. The number of rotatable bonds is 2. The van der Waals surface area contributed by atoms with Gasteiger partial charge in [0.05, 0.1) is 0 Å².